The number of anilines is 2. The van der Waals surface area contributed by atoms with Crippen LogP contribution in [0.2, 0.25) is 0 Å². The monoisotopic (exact) mass is 342 g/mol. The zero-order chi connectivity index (χ0) is 18.7. The van der Waals surface area contributed by atoms with Gasteiger partial charge >= 0.3 is 0 Å². The zero-order valence-corrected chi connectivity index (χ0v) is 16.4. The van der Waals surface area contributed by atoms with Crippen LogP contribution in [0.4, 0.5) is 11.4 Å². The molecule has 138 valence electrons. The lowest BCUT2D eigenvalue weighted by atomic mass is 10.0. The largest absolute Gasteiger partial charge is 0.363 e. The van der Waals surface area contributed by atoms with E-state index in [-0.39, 0.29) is 0 Å². The molecule has 0 spiro atoms. The Morgan fingerprint density at radius 2 is 1.68 bits per heavy atom. The lowest BCUT2D eigenvalue weighted by Gasteiger charge is -2.35. The van der Waals surface area contributed by atoms with Crippen LogP contribution in [0, 0.1) is 0 Å². The van der Waals surface area contributed by atoms with Gasteiger partial charge in [0.05, 0.1) is 17.4 Å². The van der Waals surface area contributed by atoms with E-state index in [0.717, 1.165) is 37.2 Å². The standard InChI is InChI=1S/C20H28N2O.C2H6/c1-4-14-22(19(6-3)17-10-8-7-9-11-17)20-15-16(5-2)12-13-18(20)21-23;1-2/h7-13,15,19,21,23H,4-6,14H2,1-3H3;1-2H3. The van der Waals surface area contributed by atoms with Crippen molar-refractivity contribution < 1.29 is 5.21 Å². The Morgan fingerprint density at radius 1 is 1.00 bits per heavy atom. The third-order valence-corrected chi connectivity index (χ3v) is 4.31. The second-order valence-corrected chi connectivity index (χ2v) is 5.84. The van der Waals surface area contributed by atoms with Crippen molar-refractivity contribution in [2.75, 3.05) is 16.9 Å². The topological polar surface area (TPSA) is 35.5 Å². The van der Waals surface area contributed by atoms with E-state index in [2.05, 4.69) is 73.6 Å². The predicted molar refractivity (Wildman–Crippen MR) is 110 cm³/mol. The van der Waals surface area contributed by atoms with Crippen molar-refractivity contribution in [2.45, 2.75) is 59.9 Å². The fraction of sp³-hybridized carbons (Fsp3) is 0.455. The maximum absolute atomic E-state index is 9.55. The molecular formula is C22H34N2O. The number of aryl methyl sites for hydroxylation is 1. The Kier molecular flexibility index (Phi) is 9.71. The van der Waals surface area contributed by atoms with Crippen LogP contribution in [-0.4, -0.2) is 11.8 Å². The first kappa shape index (κ1) is 21.0. The van der Waals surface area contributed by atoms with Gasteiger partial charge in [0.15, 0.2) is 0 Å². The van der Waals surface area contributed by atoms with Gasteiger partial charge in [-0.05, 0) is 42.5 Å². The first-order valence-electron chi connectivity index (χ1n) is 9.59. The molecule has 0 radical (unpaired) electrons. The molecule has 2 aromatic carbocycles. The summed E-state index contributed by atoms with van der Waals surface area (Å²) in [6.45, 7) is 11.5. The smallest absolute Gasteiger partial charge is 0.0835 e. The van der Waals surface area contributed by atoms with Crippen molar-refractivity contribution in [3.05, 3.63) is 59.7 Å². The van der Waals surface area contributed by atoms with Gasteiger partial charge < -0.3 is 4.90 Å². The molecule has 0 fully saturated rings. The predicted octanol–water partition coefficient (Wildman–Crippen LogP) is 6.44. The number of nitrogens with one attached hydrogen (secondary N) is 1. The van der Waals surface area contributed by atoms with Crippen LogP contribution in [-0.2, 0) is 6.42 Å². The van der Waals surface area contributed by atoms with Crippen molar-refractivity contribution in [3.8, 4) is 0 Å². The Labute approximate surface area is 153 Å². The van der Waals surface area contributed by atoms with Gasteiger partial charge in [-0.1, -0.05) is 71.0 Å². The zero-order valence-electron chi connectivity index (χ0n) is 16.4. The molecule has 3 heteroatoms. The molecule has 0 aliphatic rings. The molecule has 2 aromatic rings. The van der Waals surface area contributed by atoms with E-state index >= 15 is 0 Å². The van der Waals surface area contributed by atoms with E-state index in [4.69, 9.17) is 0 Å². The molecule has 0 bridgehead atoms. The van der Waals surface area contributed by atoms with E-state index in [9.17, 15) is 5.21 Å². The van der Waals surface area contributed by atoms with Crippen molar-refractivity contribution in [1.82, 2.24) is 0 Å². The van der Waals surface area contributed by atoms with Gasteiger partial charge in [-0.3, -0.25) is 10.7 Å². The van der Waals surface area contributed by atoms with Crippen LogP contribution >= 0.6 is 0 Å². The van der Waals surface area contributed by atoms with Gasteiger partial charge in [-0.2, -0.15) is 0 Å². The SMILES string of the molecule is CC.CCCN(c1cc(CC)ccc1NO)C(CC)c1ccccc1. The van der Waals surface area contributed by atoms with Gasteiger partial charge in [0.25, 0.3) is 0 Å². The van der Waals surface area contributed by atoms with Crippen LogP contribution in [0.3, 0.4) is 0 Å². The average Bonchev–Trinajstić information content (AvgIpc) is 2.69. The van der Waals surface area contributed by atoms with Crippen LogP contribution in [0.1, 0.15) is 64.6 Å². The quantitative estimate of drug-likeness (QED) is 0.542. The molecule has 0 aromatic heterocycles. The molecule has 1 atom stereocenters. The highest BCUT2D eigenvalue weighted by Crippen LogP contribution is 2.35. The second-order valence-electron chi connectivity index (χ2n) is 5.84. The minimum absolute atomic E-state index is 0.301. The van der Waals surface area contributed by atoms with Crippen molar-refractivity contribution >= 4 is 11.4 Å². The molecule has 0 aliphatic heterocycles. The minimum Gasteiger partial charge on any atom is -0.363 e. The lowest BCUT2D eigenvalue weighted by Crippen LogP contribution is -2.30. The van der Waals surface area contributed by atoms with Crippen molar-refractivity contribution in [1.29, 1.82) is 0 Å². The number of hydrogen-bond acceptors (Lipinski definition) is 3. The van der Waals surface area contributed by atoms with E-state index in [1.807, 2.05) is 19.9 Å². The summed E-state index contributed by atoms with van der Waals surface area (Å²) in [6.07, 6.45) is 3.07. The first-order valence-corrected chi connectivity index (χ1v) is 9.59. The van der Waals surface area contributed by atoms with Gasteiger partial charge in [0, 0.05) is 6.54 Å². The highest BCUT2D eigenvalue weighted by molar-refractivity contribution is 5.71. The third kappa shape index (κ3) is 5.50. The molecular weight excluding hydrogens is 308 g/mol. The summed E-state index contributed by atoms with van der Waals surface area (Å²) in [5.41, 5.74) is 6.81. The summed E-state index contributed by atoms with van der Waals surface area (Å²) in [4.78, 5) is 2.41. The van der Waals surface area contributed by atoms with Crippen molar-refractivity contribution in [3.63, 3.8) is 0 Å². The first-order chi connectivity index (χ1) is 12.2. The second kappa shape index (κ2) is 11.5. The van der Waals surface area contributed by atoms with Crippen molar-refractivity contribution in [2.24, 2.45) is 0 Å². The Bertz CT molecular complexity index is 598. The van der Waals surface area contributed by atoms with Crippen LogP contribution in [0.25, 0.3) is 0 Å². The molecule has 2 rings (SSSR count). The van der Waals surface area contributed by atoms with E-state index in [0.29, 0.717) is 6.04 Å². The van der Waals surface area contributed by atoms with E-state index < -0.39 is 0 Å². The summed E-state index contributed by atoms with van der Waals surface area (Å²) in [5.74, 6) is 0. The fourth-order valence-corrected chi connectivity index (χ4v) is 3.13. The molecule has 2 N–H and O–H groups in total. The lowest BCUT2D eigenvalue weighted by molar-refractivity contribution is 0.388. The van der Waals surface area contributed by atoms with E-state index in [1.165, 1.54) is 11.1 Å². The average molecular weight is 343 g/mol. The summed E-state index contributed by atoms with van der Waals surface area (Å²) in [5, 5.41) is 9.55. The third-order valence-electron chi connectivity index (χ3n) is 4.31. The van der Waals surface area contributed by atoms with Crippen LogP contribution in [0.15, 0.2) is 48.5 Å². The summed E-state index contributed by atoms with van der Waals surface area (Å²) < 4.78 is 0. The molecule has 25 heavy (non-hydrogen) atoms. The summed E-state index contributed by atoms with van der Waals surface area (Å²) in [6, 6.07) is 17.1. The highest BCUT2D eigenvalue weighted by atomic mass is 16.5. The van der Waals surface area contributed by atoms with Gasteiger partial charge in [-0.15, -0.1) is 0 Å². The molecule has 1 unspecified atom stereocenters. The number of benzene rings is 2. The maximum atomic E-state index is 9.55. The normalized spacial score (nSPS) is 11.3. The molecule has 0 amide bonds. The van der Waals surface area contributed by atoms with E-state index in [1.54, 1.807) is 0 Å². The molecule has 0 aliphatic carbocycles. The number of nitrogens with zero attached hydrogens (tertiary/aromatic N) is 1. The Hall–Kier alpha value is -2.00. The Morgan fingerprint density at radius 3 is 2.20 bits per heavy atom. The molecule has 0 saturated carbocycles. The van der Waals surface area contributed by atoms with Gasteiger partial charge in [0.1, 0.15) is 0 Å². The van der Waals surface area contributed by atoms with Crippen LogP contribution < -0.4 is 10.4 Å². The fourth-order valence-electron chi connectivity index (χ4n) is 3.13. The van der Waals surface area contributed by atoms with Gasteiger partial charge in [-0.25, -0.2) is 0 Å². The molecule has 0 saturated heterocycles. The number of rotatable bonds is 8. The highest BCUT2D eigenvalue weighted by Gasteiger charge is 2.21. The molecule has 3 nitrogen and oxygen atoms in total. The Balaban J connectivity index is 0.00000151. The minimum atomic E-state index is 0.301. The maximum Gasteiger partial charge on any atom is 0.0835 e. The summed E-state index contributed by atoms with van der Waals surface area (Å²) in [7, 11) is 0. The summed E-state index contributed by atoms with van der Waals surface area (Å²) >= 11 is 0. The number of hydrogen-bond donors (Lipinski definition) is 2. The van der Waals surface area contributed by atoms with Gasteiger partial charge in [0.2, 0.25) is 0 Å². The van der Waals surface area contributed by atoms with Crippen LogP contribution in [0.5, 0.6) is 0 Å². The molecule has 0 heterocycles.